The average molecular weight is 319 g/mol. The van der Waals surface area contributed by atoms with Crippen molar-refractivity contribution >= 4 is 27.5 Å². The Morgan fingerprint density at radius 2 is 2.06 bits per heavy atom. The van der Waals surface area contributed by atoms with Crippen LogP contribution in [0.4, 0.5) is 0 Å². The maximum Gasteiger partial charge on any atom is 0.0417 e. The third-order valence-corrected chi connectivity index (χ3v) is 3.81. The van der Waals surface area contributed by atoms with E-state index >= 15 is 0 Å². The van der Waals surface area contributed by atoms with Gasteiger partial charge in [-0.25, -0.2) is 0 Å². The monoisotopic (exact) mass is 317 g/mol. The molecule has 1 nitrogen and oxygen atoms in total. The molecule has 1 N–H and O–H groups in total. The Morgan fingerprint density at radius 3 is 2.65 bits per heavy atom. The van der Waals surface area contributed by atoms with E-state index in [1.165, 1.54) is 31.2 Å². The van der Waals surface area contributed by atoms with Crippen LogP contribution >= 0.6 is 27.5 Å². The van der Waals surface area contributed by atoms with Gasteiger partial charge >= 0.3 is 0 Å². The van der Waals surface area contributed by atoms with Crippen molar-refractivity contribution in [2.75, 3.05) is 6.54 Å². The summed E-state index contributed by atoms with van der Waals surface area (Å²) in [6.07, 6.45) is 5.01. The maximum atomic E-state index is 5.98. The van der Waals surface area contributed by atoms with E-state index in [9.17, 15) is 0 Å². The minimum atomic E-state index is 0.429. The summed E-state index contributed by atoms with van der Waals surface area (Å²) < 4.78 is 1.10. The van der Waals surface area contributed by atoms with Crippen LogP contribution in [0.5, 0.6) is 0 Å². The Hall–Kier alpha value is -0.0500. The third-order valence-electron chi connectivity index (χ3n) is 2.88. The molecule has 1 aromatic rings. The summed E-state index contributed by atoms with van der Waals surface area (Å²) in [5.41, 5.74) is 1.31. The molecule has 0 saturated carbocycles. The zero-order valence-corrected chi connectivity index (χ0v) is 12.9. The predicted molar refractivity (Wildman–Crippen MR) is 79.7 cm³/mol. The Morgan fingerprint density at radius 1 is 1.29 bits per heavy atom. The van der Waals surface area contributed by atoms with Gasteiger partial charge < -0.3 is 5.32 Å². The summed E-state index contributed by atoms with van der Waals surface area (Å²) in [6, 6.07) is 6.48. The van der Waals surface area contributed by atoms with Gasteiger partial charge in [-0.05, 0) is 30.7 Å². The fourth-order valence-corrected chi connectivity index (χ4v) is 2.96. The molecule has 0 aliphatic carbocycles. The van der Waals surface area contributed by atoms with Gasteiger partial charge in [-0.1, -0.05) is 66.7 Å². The van der Waals surface area contributed by atoms with Crippen LogP contribution in [0.15, 0.2) is 22.7 Å². The topological polar surface area (TPSA) is 12.0 Å². The summed E-state index contributed by atoms with van der Waals surface area (Å²) in [5.74, 6) is 0. The highest BCUT2D eigenvalue weighted by atomic mass is 79.9. The SMILES string of the molecule is CCCCCC(NCC)c1ccc(Cl)cc1Br. The lowest BCUT2D eigenvalue weighted by molar-refractivity contribution is 0.485. The lowest BCUT2D eigenvalue weighted by atomic mass is 10.0. The normalized spacial score (nSPS) is 12.7. The van der Waals surface area contributed by atoms with Crippen LogP contribution in [0.3, 0.4) is 0 Å². The zero-order chi connectivity index (χ0) is 12.7. The number of unbranched alkanes of at least 4 members (excludes halogenated alkanes) is 2. The van der Waals surface area contributed by atoms with Crippen LogP contribution < -0.4 is 5.32 Å². The second kappa shape index (κ2) is 8.12. The first-order chi connectivity index (χ1) is 8.19. The van der Waals surface area contributed by atoms with Crippen molar-refractivity contribution in [1.29, 1.82) is 0 Å². The van der Waals surface area contributed by atoms with Gasteiger partial charge in [0.1, 0.15) is 0 Å². The molecule has 0 saturated heterocycles. The summed E-state index contributed by atoms with van der Waals surface area (Å²) in [4.78, 5) is 0. The second-order valence-corrected chi connectivity index (χ2v) is 5.56. The molecule has 0 spiro atoms. The first-order valence-corrected chi connectivity index (χ1v) is 7.54. The highest BCUT2D eigenvalue weighted by Crippen LogP contribution is 2.29. The van der Waals surface area contributed by atoms with Crippen molar-refractivity contribution in [3.63, 3.8) is 0 Å². The number of rotatable bonds is 7. The zero-order valence-electron chi connectivity index (χ0n) is 10.6. The van der Waals surface area contributed by atoms with Gasteiger partial charge in [-0.3, -0.25) is 0 Å². The number of hydrogen-bond acceptors (Lipinski definition) is 1. The molecule has 0 amide bonds. The summed E-state index contributed by atoms with van der Waals surface area (Å²) in [5, 5.41) is 4.33. The van der Waals surface area contributed by atoms with E-state index in [1.54, 1.807) is 0 Å². The van der Waals surface area contributed by atoms with Crippen LogP contribution in [-0.4, -0.2) is 6.54 Å². The maximum absolute atomic E-state index is 5.98. The number of benzene rings is 1. The standard InChI is InChI=1S/C14H21BrClN/c1-3-5-6-7-14(17-4-2)12-9-8-11(16)10-13(12)15/h8-10,14,17H,3-7H2,1-2H3. The highest BCUT2D eigenvalue weighted by Gasteiger charge is 2.13. The minimum Gasteiger partial charge on any atom is -0.310 e. The third kappa shape index (κ3) is 4.99. The minimum absolute atomic E-state index is 0.429. The number of halogens is 2. The molecule has 0 aliphatic heterocycles. The van der Waals surface area contributed by atoms with Gasteiger partial charge in [0.25, 0.3) is 0 Å². The quantitative estimate of drug-likeness (QED) is 0.670. The lowest BCUT2D eigenvalue weighted by Gasteiger charge is -2.19. The molecule has 0 fully saturated rings. The number of nitrogens with one attached hydrogen (secondary N) is 1. The van der Waals surface area contributed by atoms with Crippen molar-refractivity contribution in [3.8, 4) is 0 Å². The van der Waals surface area contributed by atoms with E-state index in [0.717, 1.165) is 16.0 Å². The van der Waals surface area contributed by atoms with E-state index in [0.29, 0.717) is 6.04 Å². The average Bonchev–Trinajstić information content (AvgIpc) is 2.28. The molecule has 1 unspecified atom stereocenters. The van der Waals surface area contributed by atoms with Gasteiger partial charge in [-0.15, -0.1) is 0 Å². The van der Waals surface area contributed by atoms with Gasteiger partial charge in [0.05, 0.1) is 0 Å². The molecule has 0 bridgehead atoms. The molecule has 0 aliphatic rings. The molecule has 3 heteroatoms. The van der Waals surface area contributed by atoms with E-state index in [1.807, 2.05) is 12.1 Å². The van der Waals surface area contributed by atoms with E-state index in [-0.39, 0.29) is 0 Å². The molecule has 0 radical (unpaired) electrons. The smallest absolute Gasteiger partial charge is 0.0417 e. The van der Waals surface area contributed by atoms with Gasteiger partial charge in [0.15, 0.2) is 0 Å². The van der Waals surface area contributed by atoms with Gasteiger partial charge in [0.2, 0.25) is 0 Å². The van der Waals surface area contributed by atoms with Crippen LogP contribution in [0.1, 0.15) is 51.1 Å². The van der Waals surface area contributed by atoms with Crippen LogP contribution in [0.2, 0.25) is 5.02 Å². The molecule has 96 valence electrons. The largest absolute Gasteiger partial charge is 0.310 e. The molecule has 1 aromatic carbocycles. The molecule has 17 heavy (non-hydrogen) atoms. The van der Waals surface area contributed by atoms with Crippen molar-refractivity contribution in [3.05, 3.63) is 33.3 Å². The Bertz CT molecular complexity index is 341. The van der Waals surface area contributed by atoms with E-state index in [2.05, 4.69) is 41.2 Å². The summed E-state index contributed by atoms with van der Waals surface area (Å²) in [6.45, 7) is 5.38. The van der Waals surface area contributed by atoms with Crippen molar-refractivity contribution in [2.24, 2.45) is 0 Å². The van der Waals surface area contributed by atoms with Gasteiger partial charge in [0, 0.05) is 15.5 Å². The van der Waals surface area contributed by atoms with Crippen molar-refractivity contribution < 1.29 is 0 Å². The predicted octanol–water partition coefficient (Wildman–Crippen LogP) is 5.33. The molecular formula is C14H21BrClN. The Balaban J connectivity index is 2.74. The van der Waals surface area contributed by atoms with E-state index in [4.69, 9.17) is 11.6 Å². The summed E-state index contributed by atoms with van der Waals surface area (Å²) >= 11 is 9.58. The molecule has 0 aromatic heterocycles. The van der Waals surface area contributed by atoms with Crippen LogP contribution in [-0.2, 0) is 0 Å². The van der Waals surface area contributed by atoms with Crippen LogP contribution in [0, 0.1) is 0 Å². The van der Waals surface area contributed by atoms with Crippen molar-refractivity contribution in [1.82, 2.24) is 5.32 Å². The van der Waals surface area contributed by atoms with Gasteiger partial charge in [-0.2, -0.15) is 0 Å². The highest BCUT2D eigenvalue weighted by molar-refractivity contribution is 9.10. The molecule has 1 atom stereocenters. The molecule has 1 rings (SSSR count). The Labute approximate surface area is 118 Å². The lowest BCUT2D eigenvalue weighted by Crippen LogP contribution is -2.21. The molecule has 0 heterocycles. The number of hydrogen-bond donors (Lipinski definition) is 1. The van der Waals surface area contributed by atoms with E-state index < -0.39 is 0 Å². The fourth-order valence-electron chi connectivity index (χ4n) is 2.00. The fraction of sp³-hybridized carbons (Fsp3) is 0.571. The Kier molecular flexibility index (Phi) is 7.17. The molecular weight excluding hydrogens is 298 g/mol. The first-order valence-electron chi connectivity index (χ1n) is 6.37. The van der Waals surface area contributed by atoms with Crippen molar-refractivity contribution in [2.45, 2.75) is 45.6 Å². The summed E-state index contributed by atoms with van der Waals surface area (Å²) in [7, 11) is 0. The first kappa shape index (κ1) is 15.0. The van der Waals surface area contributed by atoms with Crippen LogP contribution in [0.25, 0.3) is 0 Å². The second-order valence-electron chi connectivity index (χ2n) is 4.27.